The van der Waals surface area contributed by atoms with Gasteiger partial charge in [0.05, 0.1) is 7.11 Å². The smallest absolute Gasteiger partial charge is 0.328 e. The minimum absolute atomic E-state index is 0.257. The standard InChI is InChI=1S/C15H22N2O3/c1-10(2)9-12(15(19)20-3)17-14(18)13(16)11-7-5-4-6-8-11/h4-8,10,12-13H,9,16H2,1-3H3,(H,17,18)/t12-,13?/m0/s1. The molecule has 5 nitrogen and oxygen atoms in total. The molecule has 0 aromatic heterocycles. The van der Waals surface area contributed by atoms with Crippen molar-refractivity contribution in [3.05, 3.63) is 35.9 Å². The quantitative estimate of drug-likeness (QED) is 0.770. The number of hydrogen-bond acceptors (Lipinski definition) is 4. The molecule has 1 rings (SSSR count). The first-order valence-corrected chi connectivity index (χ1v) is 6.64. The van der Waals surface area contributed by atoms with E-state index in [4.69, 9.17) is 10.5 Å². The number of methoxy groups -OCH3 is 1. The molecule has 1 amide bonds. The van der Waals surface area contributed by atoms with Gasteiger partial charge in [0.1, 0.15) is 12.1 Å². The van der Waals surface area contributed by atoms with E-state index in [0.717, 1.165) is 0 Å². The second-order valence-electron chi connectivity index (χ2n) is 5.10. The van der Waals surface area contributed by atoms with Crippen molar-refractivity contribution < 1.29 is 14.3 Å². The normalized spacial score (nSPS) is 13.7. The van der Waals surface area contributed by atoms with Crippen LogP contribution >= 0.6 is 0 Å². The summed E-state index contributed by atoms with van der Waals surface area (Å²) in [7, 11) is 1.30. The van der Waals surface area contributed by atoms with Crippen LogP contribution in [0.3, 0.4) is 0 Å². The molecule has 0 aliphatic rings. The van der Waals surface area contributed by atoms with Gasteiger partial charge < -0.3 is 15.8 Å². The van der Waals surface area contributed by atoms with Crippen molar-refractivity contribution in [1.82, 2.24) is 5.32 Å². The van der Waals surface area contributed by atoms with Crippen LogP contribution in [0.15, 0.2) is 30.3 Å². The van der Waals surface area contributed by atoms with E-state index in [-0.39, 0.29) is 11.8 Å². The van der Waals surface area contributed by atoms with E-state index in [0.29, 0.717) is 12.0 Å². The number of esters is 1. The number of amides is 1. The predicted octanol–water partition coefficient (Wildman–Crippen LogP) is 1.39. The third-order valence-corrected chi connectivity index (χ3v) is 2.95. The number of nitrogens with two attached hydrogens (primary N) is 1. The van der Waals surface area contributed by atoms with Crippen LogP contribution in [-0.4, -0.2) is 25.0 Å². The fourth-order valence-corrected chi connectivity index (χ4v) is 1.90. The molecule has 0 radical (unpaired) electrons. The maximum absolute atomic E-state index is 12.1. The average Bonchev–Trinajstić information content (AvgIpc) is 2.45. The number of hydrogen-bond donors (Lipinski definition) is 2. The van der Waals surface area contributed by atoms with E-state index in [9.17, 15) is 9.59 Å². The van der Waals surface area contributed by atoms with Crippen LogP contribution in [0, 0.1) is 5.92 Å². The van der Waals surface area contributed by atoms with Crippen molar-refractivity contribution in [1.29, 1.82) is 0 Å². The fraction of sp³-hybridized carbons (Fsp3) is 0.467. The Morgan fingerprint density at radius 3 is 2.35 bits per heavy atom. The van der Waals surface area contributed by atoms with Gasteiger partial charge in [0.15, 0.2) is 0 Å². The lowest BCUT2D eigenvalue weighted by Gasteiger charge is -2.20. The van der Waals surface area contributed by atoms with E-state index < -0.39 is 18.1 Å². The molecule has 0 saturated carbocycles. The Hall–Kier alpha value is -1.88. The molecule has 0 heterocycles. The lowest BCUT2D eigenvalue weighted by Crippen LogP contribution is -2.46. The number of benzene rings is 1. The first kappa shape index (κ1) is 16.2. The molecule has 0 fully saturated rings. The Morgan fingerprint density at radius 2 is 1.85 bits per heavy atom. The minimum Gasteiger partial charge on any atom is -0.467 e. The summed E-state index contributed by atoms with van der Waals surface area (Å²) >= 11 is 0. The summed E-state index contributed by atoms with van der Waals surface area (Å²) in [5.74, 6) is -0.577. The van der Waals surface area contributed by atoms with Gasteiger partial charge in [-0.3, -0.25) is 4.79 Å². The summed E-state index contributed by atoms with van der Waals surface area (Å²) in [6, 6.07) is 7.57. The topological polar surface area (TPSA) is 81.4 Å². The number of carbonyl (C=O) groups excluding carboxylic acids is 2. The molecule has 0 aliphatic heterocycles. The highest BCUT2D eigenvalue weighted by molar-refractivity contribution is 5.88. The first-order valence-electron chi connectivity index (χ1n) is 6.64. The summed E-state index contributed by atoms with van der Waals surface area (Å²) in [6.45, 7) is 3.94. The molecule has 3 N–H and O–H groups in total. The van der Waals surface area contributed by atoms with Crippen LogP contribution in [0.5, 0.6) is 0 Å². The van der Waals surface area contributed by atoms with Gasteiger partial charge in [-0.15, -0.1) is 0 Å². The molecule has 1 unspecified atom stereocenters. The summed E-state index contributed by atoms with van der Waals surface area (Å²) in [4.78, 5) is 23.8. The van der Waals surface area contributed by atoms with Crippen LogP contribution in [0.25, 0.3) is 0 Å². The van der Waals surface area contributed by atoms with E-state index in [2.05, 4.69) is 5.32 Å². The van der Waals surface area contributed by atoms with Crippen LogP contribution in [0.2, 0.25) is 0 Å². The Morgan fingerprint density at radius 1 is 1.25 bits per heavy atom. The van der Waals surface area contributed by atoms with Crippen molar-refractivity contribution in [2.45, 2.75) is 32.4 Å². The number of carbonyl (C=O) groups is 2. The minimum atomic E-state index is -0.796. The van der Waals surface area contributed by atoms with Gasteiger partial charge in [0.25, 0.3) is 0 Å². The van der Waals surface area contributed by atoms with Crippen molar-refractivity contribution in [3.63, 3.8) is 0 Å². The molecule has 1 aromatic rings. The fourth-order valence-electron chi connectivity index (χ4n) is 1.90. The zero-order chi connectivity index (χ0) is 15.1. The predicted molar refractivity (Wildman–Crippen MR) is 76.8 cm³/mol. The van der Waals surface area contributed by atoms with Crippen molar-refractivity contribution in [3.8, 4) is 0 Å². The second kappa shape index (κ2) is 7.65. The maximum Gasteiger partial charge on any atom is 0.328 e. The SMILES string of the molecule is COC(=O)[C@H](CC(C)C)NC(=O)C(N)c1ccccc1. The van der Waals surface area contributed by atoms with Gasteiger partial charge in [-0.2, -0.15) is 0 Å². The Bertz CT molecular complexity index is 446. The average molecular weight is 278 g/mol. The van der Waals surface area contributed by atoms with Crippen LogP contribution in [-0.2, 0) is 14.3 Å². The number of nitrogens with one attached hydrogen (secondary N) is 1. The molecule has 0 spiro atoms. The second-order valence-corrected chi connectivity index (χ2v) is 5.10. The Kier molecular flexibility index (Phi) is 6.18. The van der Waals surface area contributed by atoms with E-state index in [1.54, 1.807) is 12.1 Å². The van der Waals surface area contributed by atoms with Gasteiger partial charge in [-0.05, 0) is 17.9 Å². The highest BCUT2D eigenvalue weighted by Gasteiger charge is 2.25. The zero-order valence-electron chi connectivity index (χ0n) is 12.1. The molecule has 20 heavy (non-hydrogen) atoms. The van der Waals surface area contributed by atoms with E-state index in [1.807, 2.05) is 32.0 Å². The first-order chi connectivity index (χ1) is 9.45. The van der Waals surface area contributed by atoms with Gasteiger partial charge in [-0.1, -0.05) is 44.2 Å². The zero-order valence-corrected chi connectivity index (χ0v) is 12.1. The van der Waals surface area contributed by atoms with Gasteiger partial charge in [0.2, 0.25) is 5.91 Å². The maximum atomic E-state index is 12.1. The molecule has 110 valence electrons. The van der Waals surface area contributed by atoms with Crippen molar-refractivity contribution in [2.75, 3.05) is 7.11 Å². The number of rotatable bonds is 6. The summed E-state index contributed by atoms with van der Waals surface area (Å²) in [5, 5.41) is 2.66. The molecular weight excluding hydrogens is 256 g/mol. The van der Waals surface area contributed by atoms with Crippen LogP contribution in [0.4, 0.5) is 0 Å². The Balaban J connectivity index is 2.72. The molecule has 0 saturated heterocycles. The molecule has 0 aliphatic carbocycles. The monoisotopic (exact) mass is 278 g/mol. The molecular formula is C15H22N2O3. The largest absolute Gasteiger partial charge is 0.467 e. The van der Waals surface area contributed by atoms with Crippen LogP contribution < -0.4 is 11.1 Å². The highest BCUT2D eigenvalue weighted by Crippen LogP contribution is 2.12. The summed E-state index contributed by atoms with van der Waals surface area (Å²) in [6.07, 6.45) is 0.514. The lowest BCUT2D eigenvalue weighted by atomic mass is 10.0. The number of ether oxygens (including phenoxy) is 1. The van der Waals surface area contributed by atoms with Gasteiger partial charge in [-0.25, -0.2) is 4.79 Å². The van der Waals surface area contributed by atoms with Gasteiger partial charge >= 0.3 is 5.97 Å². The third kappa shape index (κ3) is 4.66. The van der Waals surface area contributed by atoms with Crippen molar-refractivity contribution >= 4 is 11.9 Å². The van der Waals surface area contributed by atoms with E-state index in [1.165, 1.54) is 7.11 Å². The molecule has 2 atom stereocenters. The molecule has 5 heteroatoms. The molecule has 0 bridgehead atoms. The van der Waals surface area contributed by atoms with Gasteiger partial charge in [0, 0.05) is 0 Å². The molecule has 1 aromatic carbocycles. The highest BCUT2D eigenvalue weighted by atomic mass is 16.5. The van der Waals surface area contributed by atoms with E-state index >= 15 is 0 Å². The summed E-state index contributed by atoms with van der Waals surface area (Å²) in [5.41, 5.74) is 6.60. The summed E-state index contributed by atoms with van der Waals surface area (Å²) < 4.78 is 4.71. The van der Waals surface area contributed by atoms with Crippen LogP contribution in [0.1, 0.15) is 31.9 Å². The lowest BCUT2D eigenvalue weighted by molar-refractivity contribution is -0.145. The van der Waals surface area contributed by atoms with Crippen molar-refractivity contribution in [2.24, 2.45) is 11.7 Å². The Labute approximate surface area is 119 Å². The third-order valence-electron chi connectivity index (χ3n) is 2.95.